The van der Waals surface area contributed by atoms with Gasteiger partial charge in [0.1, 0.15) is 0 Å². The molecular formula is C13H11N3. The van der Waals surface area contributed by atoms with Crippen LogP contribution >= 0.6 is 0 Å². The predicted molar refractivity (Wildman–Crippen MR) is 65.4 cm³/mol. The fourth-order valence-corrected chi connectivity index (χ4v) is 1.57. The molecule has 0 atom stereocenters. The molecule has 0 radical (unpaired) electrons. The lowest BCUT2D eigenvalue weighted by Crippen LogP contribution is -1.90. The fourth-order valence-electron chi connectivity index (χ4n) is 1.57. The Morgan fingerprint density at radius 1 is 0.875 bits per heavy atom. The van der Waals surface area contributed by atoms with Crippen molar-refractivity contribution in [3.63, 3.8) is 0 Å². The second-order valence-electron chi connectivity index (χ2n) is 3.54. The zero-order chi connectivity index (χ0) is 11.5. The van der Waals surface area contributed by atoms with Crippen LogP contribution < -0.4 is 11.5 Å². The summed E-state index contributed by atoms with van der Waals surface area (Å²) >= 11 is 0. The first-order valence-electron chi connectivity index (χ1n) is 4.86. The van der Waals surface area contributed by atoms with Gasteiger partial charge < -0.3 is 11.5 Å². The number of hydrogen-bond donors (Lipinski definition) is 2. The normalized spacial score (nSPS) is 9.69. The molecule has 0 amide bonds. The van der Waals surface area contributed by atoms with Gasteiger partial charge in [-0.05, 0) is 35.4 Å². The molecule has 0 fully saturated rings. The lowest BCUT2D eigenvalue weighted by molar-refractivity contribution is 1.48. The molecule has 3 nitrogen and oxygen atoms in total. The van der Waals surface area contributed by atoms with E-state index in [9.17, 15) is 0 Å². The van der Waals surface area contributed by atoms with Gasteiger partial charge >= 0.3 is 0 Å². The monoisotopic (exact) mass is 209 g/mol. The quantitative estimate of drug-likeness (QED) is 0.708. The first kappa shape index (κ1) is 10.1. The summed E-state index contributed by atoms with van der Waals surface area (Å²) in [7, 11) is 0. The second-order valence-corrected chi connectivity index (χ2v) is 3.54. The summed E-state index contributed by atoms with van der Waals surface area (Å²) < 4.78 is 0. The van der Waals surface area contributed by atoms with Gasteiger partial charge in [-0.3, -0.25) is 0 Å². The van der Waals surface area contributed by atoms with Crippen molar-refractivity contribution >= 4 is 11.4 Å². The van der Waals surface area contributed by atoms with Crippen LogP contribution in [0, 0.1) is 11.3 Å². The zero-order valence-electron chi connectivity index (χ0n) is 8.64. The van der Waals surface area contributed by atoms with Crippen LogP contribution in [0.1, 0.15) is 5.56 Å². The molecule has 3 heteroatoms. The molecule has 0 aromatic heterocycles. The molecule has 2 rings (SSSR count). The summed E-state index contributed by atoms with van der Waals surface area (Å²) in [6, 6.07) is 14.8. The van der Waals surface area contributed by atoms with Crippen molar-refractivity contribution in [2.45, 2.75) is 0 Å². The number of hydrogen-bond acceptors (Lipinski definition) is 3. The third kappa shape index (κ3) is 1.82. The summed E-state index contributed by atoms with van der Waals surface area (Å²) in [6.45, 7) is 0. The number of nitriles is 1. The average molecular weight is 209 g/mol. The van der Waals surface area contributed by atoms with Crippen LogP contribution in [0.4, 0.5) is 11.4 Å². The molecule has 0 unspecified atom stereocenters. The molecule has 0 bridgehead atoms. The Bertz CT molecular complexity index is 550. The maximum absolute atomic E-state index is 9.03. The Kier molecular flexibility index (Phi) is 2.49. The van der Waals surface area contributed by atoms with Crippen LogP contribution in [0.2, 0.25) is 0 Å². The maximum atomic E-state index is 9.03. The van der Waals surface area contributed by atoms with Crippen molar-refractivity contribution in [2.75, 3.05) is 11.5 Å². The van der Waals surface area contributed by atoms with E-state index in [1.54, 1.807) is 12.1 Å². The molecule has 0 aliphatic heterocycles. The van der Waals surface area contributed by atoms with Gasteiger partial charge in [-0.2, -0.15) is 5.26 Å². The van der Waals surface area contributed by atoms with E-state index in [0.717, 1.165) is 11.1 Å². The maximum Gasteiger partial charge on any atom is 0.0998 e. The van der Waals surface area contributed by atoms with E-state index in [1.807, 2.05) is 30.3 Å². The van der Waals surface area contributed by atoms with Crippen LogP contribution in [0.25, 0.3) is 11.1 Å². The predicted octanol–water partition coefficient (Wildman–Crippen LogP) is 2.39. The molecule has 0 saturated heterocycles. The van der Waals surface area contributed by atoms with Crippen molar-refractivity contribution in [1.29, 1.82) is 5.26 Å². The van der Waals surface area contributed by atoms with Gasteiger partial charge in [0.25, 0.3) is 0 Å². The summed E-state index contributed by atoms with van der Waals surface area (Å²) in [6.07, 6.45) is 0. The Balaban J connectivity index is 2.56. The molecular weight excluding hydrogens is 198 g/mol. The fraction of sp³-hybridized carbons (Fsp3) is 0. The summed E-state index contributed by atoms with van der Waals surface area (Å²) in [5, 5.41) is 9.03. The first-order valence-corrected chi connectivity index (χ1v) is 4.86. The largest absolute Gasteiger partial charge is 0.399 e. The Hall–Kier alpha value is -2.47. The van der Waals surface area contributed by atoms with Gasteiger partial charge in [-0.15, -0.1) is 0 Å². The van der Waals surface area contributed by atoms with Gasteiger partial charge in [0.15, 0.2) is 0 Å². The lowest BCUT2D eigenvalue weighted by atomic mass is 10.00. The molecule has 0 aliphatic carbocycles. The highest BCUT2D eigenvalue weighted by atomic mass is 14.5. The molecule has 16 heavy (non-hydrogen) atoms. The molecule has 4 N–H and O–H groups in total. The number of anilines is 2. The van der Waals surface area contributed by atoms with Crippen molar-refractivity contribution in [1.82, 2.24) is 0 Å². The third-order valence-corrected chi connectivity index (χ3v) is 2.39. The van der Waals surface area contributed by atoms with Crippen molar-refractivity contribution in [3.05, 3.63) is 48.0 Å². The number of nitrogens with two attached hydrogens (primary N) is 2. The van der Waals surface area contributed by atoms with E-state index < -0.39 is 0 Å². The van der Waals surface area contributed by atoms with Crippen molar-refractivity contribution in [2.24, 2.45) is 0 Å². The number of nitrogens with zero attached hydrogens (tertiary/aromatic N) is 1. The van der Waals surface area contributed by atoms with E-state index in [0.29, 0.717) is 16.9 Å². The smallest absolute Gasteiger partial charge is 0.0998 e. The van der Waals surface area contributed by atoms with Gasteiger partial charge in [-0.25, -0.2) is 0 Å². The van der Waals surface area contributed by atoms with Crippen LogP contribution in [-0.4, -0.2) is 0 Å². The number of benzene rings is 2. The van der Waals surface area contributed by atoms with Crippen LogP contribution in [0.15, 0.2) is 42.5 Å². The highest BCUT2D eigenvalue weighted by Gasteiger charge is 2.04. The number of nitrogen functional groups attached to an aromatic ring is 2. The molecule has 78 valence electrons. The van der Waals surface area contributed by atoms with E-state index in [-0.39, 0.29) is 0 Å². The highest BCUT2D eigenvalue weighted by molar-refractivity contribution is 5.73. The third-order valence-electron chi connectivity index (χ3n) is 2.39. The van der Waals surface area contributed by atoms with Crippen LogP contribution in [-0.2, 0) is 0 Å². The Morgan fingerprint density at radius 3 is 2.12 bits per heavy atom. The highest BCUT2D eigenvalue weighted by Crippen LogP contribution is 2.25. The zero-order valence-corrected chi connectivity index (χ0v) is 8.64. The summed E-state index contributed by atoms with van der Waals surface area (Å²) in [5.74, 6) is 0. The van der Waals surface area contributed by atoms with Crippen molar-refractivity contribution < 1.29 is 0 Å². The lowest BCUT2D eigenvalue weighted by Gasteiger charge is -2.05. The van der Waals surface area contributed by atoms with Gasteiger partial charge in [0.2, 0.25) is 0 Å². The van der Waals surface area contributed by atoms with Crippen molar-refractivity contribution in [3.8, 4) is 17.2 Å². The molecule has 2 aromatic rings. The molecule has 0 spiro atoms. The van der Waals surface area contributed by atoms with Gasteiger partial charge in [-0.1, -0.05) is 18.2 Å². The SMILES string of the molecule is N#Cc1cc(N)ccc1-c1ccc(N)cc1. The average Bonchev–Trinajstić information content (AvgIpc) is 2.30. The van der Waals surface area contributed by atoms with Gasteiger partial charge in [0, 0.05) is 11.4 Å². The van der Waals surface area contributed by atoms with E-state index >= 15 is 0 Å². The summed E-state index contributed by atoms with van der Waals surface area (Å²) in [5.41, 5.74) is 15.0. The molecule has 0 saturated carbocycles. The minimum atomic E-state index is 0.574. The summed E-state index contributed by atoms with van der Waals surface area (Å²) in [4.78, 5) is 0. The second kappa shape index (κ2) is 3.95. The Labute approximate surface area is 93.9 Å². The standard InChI is InChI=1S/C13H11N3/c14-8-10-7-12(16)5-6-13(10)9-1-3-11(15)4-2-9/h1-7H,15-16H2. The van der Waals surface area contributed by atoms with Gasteiger partial charge in [0.05, 0.1) is 11.6 Å². The van der Waals surface area contributed by atoms with E-state index in [4.69, 9.17) is 16.7 Å². The molecule has 2 aromatic carbocycles. The van der Waals surface area contributed by atoms with E-state index in [2.05, 4.69) is 6.07 Å². The minimum absolute atomic E-state index is 0.574. The minimum Gasteiger partial charge on any atom is -0.399 e. The topological polar surface area (TPSA) is 75.8 Å². The molecule has 0 aliphatic rings. The number of rotatable bonds is 1. The van der Waals surface area contributed by atoms with Crippen LogP contribution in [0.3, 0.4) is 0 Å². The molecule has 0 heterocycles. The van der Waals surface area contributed by atoms with E-state index in [1.165, 1.54) is 0 Å². The van der Waals surface area contributed by atoms with Crippen LogP contribution in [0.5, 0.6) is 0 Å². The Morgan fingerprint density at radius 2 is 1.50 bits per heavy atom. The first-order chi connectivity index (χ1) is 7.70.